The molecular weight excluding hydrogens is 434 g/mol. The van der Waals surface area contributed by atoms with Crippen LogP contribution in [-0.4, -0.2) is 44.1 Å². The third-order valence-electron chi connectivity index (χ3n) is 5.34. The maximum absolute atomic E-state index is 12.3. The minimum atomic E-state index is -2.88. The zero-order valence-electron chi connectivity index (χ0n) is 18.3. The number of hydrogen-bond donors (Lipinski definition) is 1. The van der Waals surface area contributed by atoms with Crippen molar-refractivity contribution in [3.63, 3.8) is 0 Å². The number of alkyl halides is 2. The standard InChI is InChI=1S/C24H26F2N2O5/c1-2-16-3-7-19(8-4-16)28-14-18(13-22(28)30)23(31)32-15-21(29)27-12-11-17-5-9-20(10-6-17)33-24(25)26/h3-10,18,24H,2,11-15H2,1H3,(H,27,29). The molecule has 0 spiro atoms. The van der Waals surface area contributed by atoms with Crippen molar-refractivity contribution < 1.29 is 32.6 Å². The van der Waals surface area contributed by atoms with E-state index in [0.29, 0.717) is 6.42 Å². The van der Waals surface area contributed by atoms with Crippen LogP contribution in [0.1, 0.15) is 24.5 Å². The lowest BCUT2D eigenvalue weighted by Gasteiger charge is -2.17. The molecule has 33 heavy (non-hydrogen) atoms. The summed E-state index contributed by atoms with van der Waals surface area (Å²) >= 11 is 0. The second kappa shape index (κ2) is 11.4. The number of halogens is 2. The van der Waals surface area contributed by atoms with Crippen LogP contribution in [0.3, 0.4) is 0 Å². The summed E-state index contributed by atoms with van der Waals surface area (Å²) in [5, 5.41) is 2.63. The van der Waals surface area contributed by atoms with Crippen molar-refractivity contribution >= 4 is 23.5 Å². The SMILES string of the molecule is CCc1ccc(N2CC(C(=O)OCC(=O)NCCc3ccc(OC(F)F)cc3)CC2=O)cc1. The number of benzene rings is 2. The fourth-order valence-corrected chi connectivity index (χ4v) is 3.52. The molecule has 0 aromatic heterocycles. The third-order valence-corrected chi connectivity index (χ3v) is 5.34. The van der Waals surface area contributed by atoms with E-state index >= 15 is 0 Å². The van der Waals surface area contributed by atoms with Crippen LogP contribution in [0.15, 0.2) is 48.5 Å². The van der Waals surface area contributed by atoms with Gasteiger partial charge in [0.1, 0.15) is 5.75 Å². The Morgan fingerprint density at radius 1 is 1.09 bits per heavy atom. The van der Waals surface area contributed by atoms with Crippen LogP contribution in [0.25, 0.3) is 0 Å². The first-order valence-electron chi connectivity index (χ1n) is 10.7. The monoisotopic (exact) mass is 460 g/mol. The highest BCUT2D eigenvalue weighted by molar-refractivity contribution is 5.99. The summed E-state index contributed by atoms with van der Waals surface area (Å²) in [6.45, 7) is -0.763. The number of carbonyl (C=O) groups excluding carboxylic acids is 3. The summed E-state index contributed by atoms with van der Waals surface area (Å²) in [7, 11) is 0. The van der Waals surface area contributed by atoms with Crippen LogP contribution >= 0.6 is 0 Å². The minimum Gasteiger partial charge on any atom is -0.455 e. The first kappa shape index (κ1) is 24.2. The van der Waals surface area contributed by atoms with E-state index in [9.17, 15) is 23.2 Å². The van der Waals surface area contributed by atoms with E-state index in [-0.39, 0.29) is 31.2 Å². The van der Waals surface area contributed by atoms with E-state index in [1.54, 1.807) is 17.0 Å². The van der Waals surface area contributed by atoms with Crippen molar-refractivity contribution in [2.75, 3.05) is 24.6 Å². The predicted octanol–water partition coefficient (Wildman–Crippen LogP) is 3.11. The average molecular weight is 460 g/mol. The van der Waals surface area contributed by atoms with Gasteiger partial charge in [0.2, 0.25) is 5.91 Å². The van der Waals surface area contributed by atoms with Crippen LogP contribution < -0.4 is 15.0 Å². The highest BCUT2D eigenvalue weighted by Crippen LogP contribution is 2.26. The summed E-state index contributed by atoms with van der Waals surface area (Å²) in [6.07, 6.45) is 1.41. The van der Waals surface area contributed by atoms with Gasteiger partial charge >= 0.3 is 12.6 Å². The Morgan fingerprint density at radius 2 is 1.76 bits per heavy atom. The van der Waals surface area contributed by atoms with E-state index < -0.39 is 31.0 Å². The molecule has 1 aliphatic heterocycles. The van der Waals surface area contributed by atoms with E-state index in [4.69, 9.17) is 4.74 Å². The van der Waals surface area contributed by atoms with Gasteiger partial charge in [-0.05, 0) is 48.2 Å². The van der Waals surface area contributed by atoms with Crippen molar-refractivity contribution in [1.29, 1.82) is 0 Å². The molecule has 2 aromatic carbocycles. The number of nitrogens with zero attached hydrogens (tertiary/aromatic N) is 1. The van der Waals surface area contributed by atoms with Gasteiger partial charge in [0.25, 0.3) is 5.91 Å². The summed E-state index contributed by atoms with van der Waals surface area (Å²) < 4.78 is 33.7. The van der Waals surface area contributed by atoms with E-state index in [1.165, 1.54) is 12.1 Å². The zero-order chi connectivity index (χ0) is 23.8. The molecule has 0 saturated carbocycles. The lowest BCUT2D eigenvalue weighted by molar-refractivity contribution is -0.152. The average Bonchev–Trinajstić information content (AvgIpc) is 3.20. The van der Waals surface area contributed by atoms with Gasteiger partial charge in [0.15, 0.2) is 6.61 Å². The summed E-state index contributed by atoms with van der Waals surface area (Å²) in [6, 6.07) is 13.7. The molecule has 1 N–H and O–H groups in total. The lowest BCUT2D eigenvalue weighted by atomic mass is 10.1. The second-order valence-corrected chi connectivity index (χ2v) is 7.66. The molecule has 2 amide bonds. The number of anilines is 1. The molecule has 2 aromatic rings. The van der Waals surface area contributed by atoms with Gasteiger partial charge in [-0.2, -0.15) is 8.78 Å². The number of nitrogens with one attached hydrogen (secondary N) is 1. The smallest absolute Gasteiger partial charge is 0.387 e. The van der Waals surface area contributed by atoms with Crippen molar-refractivity contribution in [2.45, 2.75) is 32.8 Å². The van der Waals surface area contributed by atoms with Crippen LogP contribution in [0.4, 0.5) is 14.5 Å². The van der Waals surface area contributed by atoms with E-state index in [0.717, 1.165) is 23.2 Å². The number of rotatable bonds is 10. The van der Waals surface area contributed by atoms with Crippen LogP contribution in [-0.2, 0) is 32.0 Å². The summed E-state index contributed by atoms with van der Waals surface area (Å²) in [5.41, 5.74) is 2.72. The molecule has 0 radical (unpaired) electrons. The summed E-state index contributed by atoms with van der Waals surface area (Å²) in [4.78, 5) is 38.2. The highest BCUT2D eigenvalue weighted by Gasteiger charge is 2.36. The van der Waals surface area contributed by atoms with Crippen LogP contribution in [0.2, 0.25) is 0 Å². The zero-order valence-corrected chi connectivity index (χ0v) is 18.3. The van der Waals surface area contributed by atoms with Crippen molar-refractivity contribution in [2.24, 2.45) is 5.92 Å². The van der Waals surface area contributed by atoms with Gasteiger partial charge in [0.05, 0.1) is 5.92 Å². The van der Waals surface area contributed by atoms with Crippen molar-refractivity contribution in [3.8, 4) is 5.75 Å². The van der Waals surface area contributed by atoms with Crippen molar-refractivity contribution in [1.82, 2.24) is 5.32 Å². The first-order chi connectivity index (χ1) is 15.9. The molecule has 1 heterocycles. The molecule has 1 unspecified atom stereocenters. The molecule has 0 bridgehead atoms. The molecule has 9 heteroatoms. The largest absolute Gasteiger partial charge is 0.455 e. The van der Waals surface area contributed by atoms with Gasteiger partial charge in [-0.15, -0.1) is 0 Å². The minimum absolute atomic E-state index is 0.0429. The first-order valence-corrected chi connectivity index (χ1v) is 10.7. The van der Waals surface area contributed by atoms with E-state index in [1.807, 2.05) is 31.2 Å². The third kappa shape index (κ3) is 7.00. The molecule has 1 atom stereocenters. The number of amides is 2. The van der Waals surface area contributed by atoms with Gasteiger partial charge in [-0.3, -0.25) is 14.4 Å². The van der Waals surface area contributed by atoms with Crippen LogP contribution in [0, 0.1) is 5.92 Å². The van der Waals surface area contributed by atoms with Crippen molar-refractivity contribution in [3.05, 3.63) is 59.7 Å². The molecular formula is C24H26F2N2O5. The highest BCUT2D eigenvalue weighted by atomic mass is 19.3. The topological polar surface area (TPSA) is 84.9 Å². The summed E-state index contributed by atoms with van der Waals surface area (Å²) in [5.74, 6) is -1.76. The molecule has 7 nitrogen and oxygen atoms in total. The quantitative estimate of drug-likeness (QED) is 0.551. The Kier molecular flexibility index (Phi) is 8.34. The molecule has 0 aliphatic carbocycles. The Bertz CT molecular complexity index is 964. The van der Waals surface area contributed by atoms with Gasteiger partial charge in [-0.25, -0.2) is 0 Å². The number of hydrogen-bond acceptors (Lipinski definition) is 5. The Balaban J connectivity index is 1.38. The fraction of sp³-hybridized carbons (Fsp3) is 0.375. The number of ether oxygens (including phenoxy) is 2. The number of esters is 1. The Labute approximate surface area is 190 Å². The number of aryl methyl sites for hydroxylation is 1. The fourth-order valence-electron chi connectivity index (χ4n) is 3.52. The number of carbonyl (C=O) groups is 3. The molecule has 3 rings (SSSR count). The predicted molar refractivity (Wildman–Crippen MR) is 117 cm³/mol. The molecule has 176 valence electrons. The van der Waals surface area contributed by atoms with Gasteiger partial charge in [0, 0.05) is 25.2 Å². The Morgan fingerprint density at radius 3 is 2.39 bits per heavy atom. The molecule has 1 saturated heterocycles. The maximum atomic E-state index is 12.3. The molecule has 1 fully saturated rings. The lowest BCUT2D eigenvalue weighted by Crippen LogP contribution is -2.32. The van der Waals surface area contributed by atoms with E-state index in [2.05, 4.69) is 10.1 Å². The normalized spacial score (nSPS) is 15.6. The van der Waals surface area contributed by atoms with Crippen LogP contribution in [0.5, 0.6) is 5.75 Å². The second-order valence-electron chi connectivity index (χ2n) is 7.66. The van der Waals surface area contributed by atoms with Gasteiger partial charge in [-0.1, -0.05) is 31.2 Å². The van der Waals surface area contributed by atoms with Gasteiger partial charge < -0.3 is 19.7 Å². The Hall–Kier alpha value is -3.49. The maximum Gasteiger partial charge on any atom is 0.387 e. The molecule has 1 aliphatic rings.